The highest BCUT2D eigenvalue weighted by Crippen LogP contribution is 2.30. The first-order chi connectivity index (χ1) is 14.6. The molecular formula is C21H24F3N3O3S. The number of rotatable bonds is 9. The quantitative estimate of drug-likeness (QED) is 0.619. The Balaban J connectivity index is 1.53. The van der Waals surface area contributed by atoms with Crippen molar-refractivity contribution < 1.29 is 27.3 Å². The predicted molar refractivity (Wildman–Crippen MR) is 111 cm³/mol. The van der Waals surface area contributed by atoms with Crippen molar-refractivity contribution in [2.45, 2.75) is 51.2 Å². The molecule has 1 heterocycles. The van der Waals surface area contributed by atoms with Gasteiger partial charge in [0.1, 0.15) is 12.3 Å². The van der Waals surface area contributed by atoms with E-state index in [1.807, 2.05) is 24.1 Å². The summed E-state index contributed by atoms with van der Waals surface area (Å²) in [6.45, 7) is 2.75. The Morgan fingerprint density at radius 3 is 2.45 bits per heavy atom. The van der Waals surface area contributed by atoms with Crippen LogP contribution in [0, 0.1) is 13.8 Å². The minimum absolute atomic E-state index is 0.0336. The van der Waals surface area contributed by atoms with Gasteiger partial charge in [-0.2, -0.15) is 13.2 Å². The van der Waals surface area contributed by atoms with E-state index in [1.54, 1.807) is 12.1 Å². The predicted octanol–water partition coefficient (Wildman–Crippen LogP) is 4.01. The van der Waals surface area contributed by atoms with Gasteiger partial charge in [0.2, 0.25) is 5.91 Å². The van der Waals surface area contributed by atoms with Crippen molar-refractivity contribution in [3.63, 3.8) is 0 Å². The summed E-state index contributed by atoms with van der Waals surface area (Å²) in [5, 5.41) is 5.76. The molecule has 0 unspecified atom stereocenters. The third-order valence-electron chi connectivity index (χ3n) is 4.98. The minimum Gasteiger partial charge on any atom is -0.361 e. The normalized spacial score (nSPS) is 13.8. The fourth-order valence-electron chi connectivity index (χ4n) is 3.08. The Hall–Kier alpha value is -2.49. The number of aryl methyl sites for hydroxylation is 2. The number of nitrogens with one attached hydrogen (secondary N) is 1. The summed E-state index contributed by atoms with van der Waals surface area (Å²) < 4.78 is 41.9. The van der Waals surface area contributed by atoms with Gasteiger partial charge in [0.25, 0.3) is 5.91 Å². The number of benzene rings is 1. The summed E-state index contributed by atoms with van der Waals surface area (Å²) in [6, 6.07) is 6.50. The van der Waals surface area contributed by atoms with Crippen LogP contribution in [0.2, 0.25) is 0 Å². The molecule has 0 bridgehead atoms. The van der Waals surface area contributed by atoms with Crippen molar-refractivity contribution in [1.29, 1.82) is 0 Å². The molecule has 1 aromatic carbocycles. The molecule has 1 aliphatic rings. The summed E-state index contributed by atoms with van der Waals surface area (Å²) in [7, 11) is 0. The van der Waals surface area contributed by atoms with Crippen molar-refractivity contribution in [2.75, 3.05) is 12.3 Å². The number of alkyl halides is 3. The first kappa shape index (κ1) is 23.2. The van der Waals surface area contributed by atoms with E-state index in [2.05, 4.69) is 5.16 Å². The van der Waals surface area contributed by atoms with E-state index < -0.39 is 18.6 Å². The molecule has 0 saturated heterocycles. The average molecular weight is 456 g/mol. The zero-order valence-electron chi connectivity index (χ0n) is 17.3. The minimum atomic E-state index is -4.45. The van der Waals surface area contributed by atoms with E-state index in [0.29, 0.717) is 18.1 Å². The molecule has 1 fully saturated rings. The summed E-state index contributed by atoms with van der Waals surface area (Å²) in [5.74, 6) is 0.989. The highest BCUT2D eigenvalue weighted by Gasteiger charge is 2.32. The zero-order chi connectivity index (χ0) is 22.6. The molecule has 0 aliphatic heterocycles. The number of aromatic nitrogens is 1. The third kappa shape index (κ3) is 6.75. The van der Waals surface area contributed by atoms with Gasteiger partial charge in [0, 0.05) is 29.5 Å². The maximum atomic E-state index is 12.8. The number of hydrogen-bond acceptors (Lipinski definition) is 5. The van der Waals surface area contributed by atoms with Crippen LogP contribution in [0.15, 0.2) is 28.8 Å². The third-order valence-corrected chi connectivity index (χ3v) is 5.92. The molecule has 2 amide bonds. The van der Waals surface area contributed by atoms with Gasteiger partial charge in [0.05, 0.1) is 11.4 Å². The second kappa shape index (κ2) is 9.76. The van der Waals surface area contributed by atoms with Gasteiger partial charge in [0.15, 0.2) is 0 Å². The van der Waals surface area contributed by atoms with Crippen LogP contribution in [0.4, 0.5) is 13.2 Å². The van der Waals surface area contributed by atoms with Gasteiger partial charge < -0.3 is 14.7 Å². The summed E-state index contributed by atoms with van der Waals surface area (Å²) in [4.78, 5) is 26.4. The van der Waals surface area contributed by atoms with Crippen molar-refractivity contribution in [3.05, 3.63) is 52.4 Å². The Kier molecular flexibility index (Phi) is 7.30. The second-order valence-corrected chi connectivity index (χ2v) is 8.53. The van der Waals surface area contributed by atoms with Crippen LogP contribution >= 0.6 is 11.8 Å². The highest BCUT2D eigenvalue weighted by molar-refractivity contribution is 7.99. The molecule has 1 N–H and O–H groups in total. The largest absolute Gasteiger partial charge is 0.405 e. The van der Waals surface area contributed by atoms with Crippen LogP contribution in [0.5, 0.6) is 0 Å². The van der Waals surface area contributed by atoms with E-state index in [4.69, 9.17) is 4.52 Å². The van der Waals surface area contributed by atoms with Crippen LogP contribution in [0.3, 0.4) is 0 Å². The molecule has 10 heteroatoms. The highest BCUT2D eigenvalue weighted by atomic mass is 32.2. The number of thioether (sulfide) groups is 1. The molecule has 1 aromatic heterocycles. The Labute approximate surface area is 182 Å². The molecule has 168 valence electrons. The standard InChI is InChI=1S/C21H24F3N3O3S/c1-13-18(14(2)30-26-13)10-31-11-19(28)27(17-7-8-17)9-15-3-5-16(6-4-15)20(29)25-12-21(22,23)24/h3-6,17H,7-12H2,1-2H3,(H,25,29). The maximum absolute atomic E-state index is 12.8. The SMILES string of the molecule is Cc1noc(C)c1CSCC(=O)N(Cc1ccc(C(=O)NCC(F)(F)F)cc1)C1CC1. The lowest BCUT2D eigenvalue weighted by Gasteiger charge is -2.22. The molecular weight excluding hydrogens is 431 g/mol. The zero-order valence-corrected chi connectivity index (χ0v) is 18.1. The van der Waals surface area contributed by atoms with Crippen molar-refractivity contribution in [2.24, 2.45) is 0 Å². The first-order valence-corrected chi connectivity index (χ1v) is 11.0. The van der Waals surface area contributed by atoms with Gasteiger partial charge >= 0.3 is 6.18 Å². The summed E-state index contributed by atoms with van der Waals surface area (Å²) in [6.07, 6.45) is -2.54. The number of amides is 2. The number of halogens is 3. The lowest BCUT2D eigenvalue weighted by atomic mass is 10.1. The fraction of sp³-hybridized carbons (Fsp3) is 0.476. The van der Waals surface area contributed by atoms with E-state index in [9.17, 15) is 22.8 Å². The Bertz CT molecular complexity index is 905. The summed E-state index contributed by atoms with van der Waals surface area (Å²) in [5.41, 5.74) is 2.81. The van der Waals surface area contributed by atoms with Gasteiger partial charge in [-0.05, 0) is 44.4 Å². The van der Waals surface area contributed by atoms with Gasteiger partial charge in [-0.1, -0.05) is 17.3 Å². The fourth-order valence-corrected chi connectivity index (χ4v) is 4.14. The smallest absolute Gasteiger partial charge is 0.361 e. The maximum Gasteiger partial charge on any atom is 0.405 e. The molecule has 2 aromatic rings. The van der Waals surface area contributed by atoms with Crippen molar-refractivity contribution >= 4 is 23.6 Å². The van der Waals surface area contributed by atoms with Gasteiger partial charge in [-0.15, -0.1) is 11.8 Å². The molecule has 0 spiro atoms. The van der Waals surface area contributed by atoms with Crippen molar-refractivity contribution in [3.8, 4) is 0 Å². The second-order valence-electron chi connectivity index (χ2n) is 7.54. The summed E-state index contributed by atoms with van der Waals surface area (Å²) >= 11 is 1.51. The van der Waals surface area contributed by atoms with Crippen LogP contribution in [-0.2, 0) is 17.1 Å². The number of carbonyl (C=O) groups excluding carboxylic acids is 2. The van der Waals surface area contributed by atoms with Crippen LogP contribution in [-0.4, -0.2) is 46.4 Å². The lowest BCUT2D eigenvalue weighted by molar-refractivity contribution is -0.129. The van der Waals surface area contributed by atoms with Crippen molar-refractivity contribution in [1.82, 2.24) is 15.4 Å². The van der Waals surface area contributed by atoms with Crippen LogP contribution < -0.4 is 5.32 Å². The monoisotopic (exact) mass is 455 g/mol. The van der Waals surface area contributed by atoms with E-state index in [-0.39, 0.29) is 17.5 Å². The Morgan fingerprint density at radius 1 is 1.23 bits per heavy atom. The van der Waals surface area contributed by atoms with E-state index in [1.165, 1.54) is 23.9 Å². The molecule has 6 nitrogen and oxygen atoms in total. The molecule has 0 atom stereocenters. The molecule has 1 saturated carbocycles. The lowest BCUT2D eigenvalue weighted by Crippen LogP contribution is -2.34. The Morgan fingerprint density at radius 2 is 1.90 bits per heavy atom. The van der Waals surface area contributed by atoms with Gasteiger partial charge in [-0.25, -0.2) is 0 Å². The molecule has 3 rings (SSSR count). The van der Waals surface area contributed by atoms with Gasteiger partial charge in [-0.3, -0.25) is 9.59 Å². The average Bonchev–Trinajstić information content (AvgIpc) is 3.51. The topological polar surface area (TPSA) is 75.4 Å². The number of carbonyl (C=O) groups is 2. The van der Waals surface area contributed by atoms with E-state index in [0.717, 1.165) is 35.4 Å². The van der Waals surface area contributed by atoms with Crippen LogP contribution in [0.1, 0.15) is 45.8 Å². The van der Waals surface area contributed by atoms with E-state index >= 15 is 0 Å². The molecule has 1 aliphatic carbocycles. The first-order valence-electron chi connectivity index (χ1n) is 9.87. The molecule has 0 radical (unpaired) electrons. The number of hydrogen-bond donors (Lipinski definition) is 1. The number of nitrogens with zero attached hydrogens (tertiary/aromatic N) is 2. The molecule has 31 heavy (non-hydrogen) atoms. The van der Waals surface area contributed by atoms with Crippen LogP contribution in [0.25, 0.3) is 0 Å².